The predicted molar refractivity (Wildman–Crippen MR) is 78.5 cm³/mol. The van der Waals surface area contributed by atoms with Crippen LogP contribution in [0.15, 0.2) is 29.2 Å². The number of amides is 1. The largest absolute Gasteiger partial charge is 0.399 e. The van der Waals surface area contributed by atoms with Gasteiger partial charge in [0.1, 0.15) is 0 Å². The highest BCUT2D eigenvalue weighted by Gasteiger charge is 2.13. The van der Waals surface area contributed by atoms with Gasteiger partial charge in [-0.15, -0.1) is 0 Å². The third-order valence-electron chi connectivity index (χ3n) is 2.54. The first kappa shape index (κ1) is 16.5. The van der Waals surface area contributed by atoms with E-state index in [2.05, 4.69) is 10.0 Å². The Hall–Kier alpha value is -1.60. The Morgan fingerprint density at radius 3 is 2.40 bits per heavy atom. The molecule has 0 fully saturated rings. The highest BCUT2D eigenvalue weighted by Crippen LogP contribution is 2.11. The molecule has 0 spiro atoms. The molecule has 1 amide bonds. The zero-order valence-corrected chi connectivity index (χ0v) is 12.5. The van der Waals surface area contributed by atoms with Gasteiger partial charge in [-0.2, -0.15) is 0 Å². The molecule has 0 aliphatic rings. The monoisotopic (exact) mass is 299 g/mol. The van der Waals surface area contributed by atoms with Crippen LogP contribution >= 0.6 is 0 Å². The van der Waals surface area contributed by atoms with Crippen LogP contribution in [-0.4, -0.2) is 27.4 Å². The molecule has 0 heterocycles. The maximum absolute atomic E-state index is 11.9. The summed E-state index contributed by atoms with van der Waals surface area (Å²) in [6.45, 7) is 4.63. The Morgan fingerprint density at radius 2 is 1.85 bits per heavy atom. The first-order valence-corrected chi connectivity index (χ1v) is 7.91. The van der Waals surface area contributed by atoms with Gasteiger partial charge in [0.25, 0.3) is 0 Å². The minimum atomic E-state index is -3.59. The van der Waals surface area contributed by atoms with E-state index >= 15 is 0 Å². The third-order valence-corrected chi connectivity index (χ3v) is 4.02. The van der Waals surface area contributed by atoms with Crippen molar-refractivity contribution in [1.82, 2.24) is 10.0 Å². The fraction of sp³-hybridized carbons (Fsp3) is 0.462. The SMILES string of the molecule is CC(C)CNC(=O)CCNS(=O)(=O)c1ccc(N)cc1. The molecule has 0 unspecified atom stereocenters. The number of carbonyl (C=O) groups excluding carboxylic acids is 1. The molecule has 0 atom stereocenters. The Labute approximate surface area is 119 Å². The van der Waals surface area contributed by atoms with Crippen molar-refractivity contribution in [3.8, 4) is 0 Å². The van der Waals surface area contributed by atoms with E-state index in [1.165, 1.54) is 24.3 Å². The van der Waals surface area contributed by atoms with Gasteiger partial charge in [0, 0.05) is 25.2 Å². The number of sulfonamides is 1. The highest BCUT2D eigenvalue weighted by molar-refractivity contribution is 7.89. The van der Waals surface area contributed by atoms with Crippen molar-refractivity contribution >= 4 is 21.6 Å². The Morgan fingerprint density at radius 1 is 1.25 bits per heavy atom. The van der Waals surface area contributed by atoms with Gasteiger partial charge in [0.2, 0.25) is 15.9 Å². The van der Waals surface area contributed by atoms with Crippen LogP contribution in [0.1, 0.15) is 20.3 Å². The lowest BCUT2D eigenvalue weighted by molar-refractivity contribution is -0.121. The van der Waals surface area contributed by atoms with Crippen molar-refractivity contribution in [3.05, 3.63) is 24.3 Å². The van der Waals surface area contributed by atoms with Crippen molar-refractivity contribution in [1.29, 1.82) is 0 Å². The minimum absolute atomic E-state index is 0.0661. The summed E-state index contributed by atoms with van der Waals surface area (Å²) >= 11 is 0. The van der Waals surface area contributed by atoms with Crippen molar-refractivity contribution < 1.29 is 13.2 Å². The second-order valence-corrected chi connectivity index (χ2v) is 6.68. The highest BCUT2D eigenvalue weighted by atomic mass is 32.2. The van der Waals surface area contributed by atoms with Crippen LogP contribution in [0.2, 0.25) is 0 Å². The van der Waals surface area contributed by atoms with E-state index in [4.69, 9.17) is 5.73 Å². The van der Waals surface area contributed by atoms with Gasteiger partial charge in [-0.05, 0) is 30.2 Å². The number of nitrogens with one attached hydrogen (secondary N) is 2. The summed E-state index contributed by atoms with van der Waals surface area (Å²) in [5.41, 5.74) is 6.00. The summed E-state index contributed by atoms with van der Waals surface area (Å²) in [6, 6.07) is 5.89. The lowest BCUT2D eigenvalue weighted by atomic mass is 10.2. The number of hydrogen-bond acceptors (Lipinski definition) is 4. The number of hydrogen-bond donors (Lipinski definition) is 3. The molecule has 112 valence electrons. The first-order valence-electron chi connectivity index (χ1n) is 6.43. The van der Waals surface area contributed by atoms with Gasteiger partial charge >= 0.3 is 0 Å². The van der Waals surface area contributed by atoms with Crippen molar-refractivity contribution in [2.75, 3.05) is 18.8 Å². The zero-order chi connectivity index (χ0) is 15.2. The van der Waals surface area contributed by atoms with Crippen LogP contribution in [0.4, 0.5) is 5.69 Å². The Kier molecular flexibility index (Phi) is 5.97. The molecule has 0 aliphatic heterocycles. The number of nitrogens with two attached hydrogens (primary N) is 1. The number of anilines is 1. The summed E-state index contributed by atoms with van der Waals surface area (Å²) in [4.78, 5) is 11.6. The third kappa shape index (κ3) is 5.58. The van der Waals surface area contributed by atoms with Gasteiger partial charge in [-0.3, -0.25) is 4.79 Å². The zero-order valence-electron chi connectivity index (χ0n) is 11.7. The number of rotatable bonds is 7. The molecule has 0 aliphatic carbocycles. The Balaban J connectivity index is 2.44. The molecule has 1 rings (SSSR count). The maximum atomic E-state index is 11.9. The molecule has 7 heteroatoms. The summed E-state index contributed by atoms with van der Waals surface area (Å²) in [6.07, 6.45) is 0.112. The fourth-order valence-electron chi connectivity index (χ4n) is 1.44. The summed E-state index contributed by atoms with van der Waals surface area (Å²) < 4.78 is 26.2. The van der Waals surface area contributed by atoms with Crippen LogP contribution < -0.4 is 15.8 Å². The van der Waals surface area contributed by atoms with Gasteiger partial charge in [-0.25, -0.2) is 13.1 Å². The number of benzene rings is 1. The van der Waals surface area contributed by atoms with E-state index in [1.807, 2.05) is 13.8 Å². The molecule has 1 aromatic carbocycles. The van der Waals surface area contributed by atoms with E-state index in [0.29, 0.717) is 18.2 Å². The van der Waals surface area contributed by atoms with Crippen LogP contribution in [0.3, 0.4) is 0 Å². The fourth-order valence-corrected chi connectivity index (χ4v) is 2.47. The molecule has 6 nitrogen and oxygen atoms in total. The average Bonchev–Trinajstić information content (AvgIpc) is 2.36. The molecule has 0 saturated carbocycles. The normalized spacial score (nSPS) is 11.6. The van der Waals surface area contributed by atoms with E-state index < -0.39 is 10.0 Å². The smallest absolute Gasteiger partial charge is 0.240 e. The van der Waals surface area contributed by atoms with Crippen LogP contribution in [-0.2, 0) is 14.8 Å². The second kappa shape index (κ2) is 7.25. The lowest BCUT2D eigenvalue weighted by Gasteiger charge is -2.09. The molecule has 1 aromatic rings. The molecule has 0 bridgehead atoms. The van der Waals surface area contributed by atoms with Crippen molar-refractivity contribution in [3.63, 3.8) is 0 Å². The molecular weight excluding hydrogens is 278 g/mol. The molecule has 0 aromatic heterocycles. The number of nitrogen functional groups attached to an aromatic ring is 1. The summed E-state index contributed by atoms with van der Waals surface area (Å²) in [5.74, 6) is 0.198. The first-order chi connectivity index (χ1) is 9.31. The van der Waals surface area contributed by atoms with Gasteiger partial charge in [-0.1, -0.05) is 13.8 Å². The maximum Gasteiger partial charge on any atom is 0.240 e. The average molecular weight is 299 g/mol. The van der Waals surface area contributed by atoms with Crippen LogP contribution in [0.25, 0.3) is 0 Å². The van der Waals surface area contributed by atoms with Gasteiger partial charge in [0.15, 0.2) is 0 Å². The molecule has 0 saturated heterocycles. The van der Waals surface area contributed by atoms with Crippen LogP contribution in [0, 0.1) is 5.92 Å². The van der Waals surface area contributed by atoms with Crippen LogP contribution in [0.5, 0.6) is 0 Å². The van der Waals surface area contributed by atoms with E-state index in [9.17, 15) is 13.2 Å². The second-order valence-electron chi connectivity index (χ2n) is 4.91. The predicted octanol–water partition coefficient (Wildman–Crippen LogP) is 0.709. The summed E-state index contributed by atoms with van der Waals surface area (Å²) in [7, 11) is -3.59. The summed E-state index contributed by atoms with van der Waals surface area (Å²) in [5, 5.41) is 2.73. The van der Waals surface area contributed by atoms with E-state index in [1.54, 1.807) is 0 Å². The lowest BCUT2D eigenvalue weighted by Crippen LogP contribution is -2.32. The standard InChI is InChI=1S/C13H21N3O3S/c1-10(2)9-15-13(17)7-8-16-20(18,19)12-5-3-11(14)4-6-12/h3-6,10,16H,7-9,14H2,1-2H3,(H,15,17). The molecule has 20 heavy (non-hydrogen) atoms. The topological polar surface area (TPSA) is 101 Å². The van der Waals surface area contributed by atoms with Gasteiger partial charge in [0.05, 0.1) is 4.90 Å². The van der Waals surface area contributed by atoms with Gasteiger partial charge < -0.3 is 11.1 Å². The molecule has 4 N–H and O–H groups in total. The van der Waals surface area contributed by atoms with E-state index in [-0.39, 0.29) is 23.8 Å². The van der Waals surface area contributed by atoms with E-state index in [0.717, 1.165) is 0 Å². The number of carbonyl (C=O) groups is 1. The van der Waals surface area contributed by atoms with Crippen molar-refractivity contribution in [2.45, 2.75) is 25.2 Å². The molecule has 0 radical (unpaired) electrons. The van der Waals surface area contributed by atoms with Crippen molar-refractivity contribution in [2.24, 2.45) is 5.92 Å². The quantitative estimate of drug-likeness (QED) is 0.645. The molecular formula is C13H21N3O3S. The Bertz CT molecular complexity index is 538. The minimum Gasteiger partial charge on any atom is -0.399 e.